The molecule has 2 aliphatic heterocycles. The molecule has 0 radical (unpaired) electrons. The summed E-state index contributed by atoms with van der Waals surface area (Å²) < 4.78 is 0. The molecule has 1 aromatic rings. The minimum atomic E-state index is 0.847. The largest absolute Gasteiger partial charge is 0.301 e. The Morgan fingerprint density at radius 1 is 1.16 bits per heavy atom. The van der Waals surface area contributed by atoms with Crippen LogP contribution in [0.2, 0.25) is 0 Å². The van der Waals surface area contributed by atoms with Gasteiger partial charge < -0.3 is 4.90 Å². The second-order valence-electron chi connectivity index (χ2n) is 6.23. The smallest absolute Gasteiger partial charge is 0.0223 e. The number of hydrogen-bond acceptors (Lipinski definition) is 2. The summed E-state index contributed by atoms with van der Waals surface area (Å²) in [4.78, 5) is 5.41. The third-order valence-corrected chi connectivity index (χ3v) is 4.69. The van der Waals surface area contributed by atoms with Crippen molar-refractivity contribution >= 4 is 0 Å². The summed E-state index contributed by atoms with van der Waals surface area (Å²) >= 11 is 0. The fourth-order valence-electron chi connectivity index (χ4n) is 3.64. The third kappa shape index (κ3) is 3.37. The Kier molecular flexibility index (Phi) is 4.19. The van der Waals surface area contributed by atoms with Crippen LogP contribution in [0.1, 0.15) is 30.4 Å². The van der Waals surface area contributed by atoms with E-state index in [1.165, 1.54) is 69.5 Å². The Balaban J connectivity index is 1.54. The monoisotopic (exact) mass is 258 g/mol. The van der Waals surface area contributed by atoms with Crippen LogP contribution in [-0.2, 0) is 6.42 Å². The maximum absolute atomic E-state index is 2.71. The molecule has 2 heteroatoms. The van der Waals surface area contributed by atoms with Crippen LogP contribution in [0.4, 0.5) is 0 Å². The lowest BCUT2D eigenvalue weighted by molar-refractivity contribution is 0.221. The molecule has 0 N–H and O–H groups in total. The Bertz CT molecular complexity index is 415. The molecular weight excluding hydrogens is 232 g/mol. The fourth-order valence-corrected chi connectivity index (χ4v) is 3.64. The molecule has 2 saturated heterocycles. The van der Waals surface area contributed by atoms with E-state index in [2.05, 4.69) is 41.0 Å². The maximum Gasteiger partial charge on any atom is 0.0223 e. The first kappa shape index (κ1) is 13.1. The van der Waals surface area contributed by atoms with Crippen LogP contribution >= 0.6 is 0 Å². The van der Waals surface area contributed by atoms with Crippen molar-refractivity contribution in [3.63, 3.8) is 0 Å². The molecule has 0 aliphatic carbocycles. The third-order valence-electron chi connectivity index (χ3n) is 4.69. The summed E-state index contributed by atoms with van der Waals surface area (Å²) in [6.45, 7) is 8.67. The molecular formula is C17H26N2. The lowest BCUT2D eigenvalue weighted by Crippen LogP contribution is -2.37. The van der Waals surface area contributed by atoms with E-state index < -0.39 is 0 Å². The minimum absolute atomic E-state index is 0.847. The van der Waals surface area contributed by atoms with Gasteiger partial charge in [-0.2, -0.15) is 0 Å². The van der Waals surface area contributed by atoms with Crippen molar-refractivity contribution in [1.82, 2.24) is 9.80 Å². The molecule has 19 heavy (non-hydrogen) atoms. The van der Waals surface area contributed by atoms with Gasteiger partial charge in [0.25, 0.3) is 0 Å². The topological polar surface area (TPSA) is 6.48 Å². The van der Waals surface area contributed by atoms with E-state index in [-0.39, 0.29) is 0 Å². The Labute approximate surface area is 117 Å². The Morgan fingerprint density at radius 3 is 2.95 bits per heavy atom. The van der Waals surface area contributed by atoms with Crippen molar-refractivity contribution in [2.45, 2.75) is 38.6 Å². The number of nitrogens with zero attached hydrogens (tertiary/aromatic N) is 2. The van der Waals surface area contributed by atoms with E-state index in [4.69, 9.17) is 0 Å². The summed E-state index contributed by atoms with van der Waals surface area (Å²) in [5.74, 6) is 0. The molecule has 0 spiro atoms. The van der Waals surface area contributed by atoms with E-state index in [1.807, 2.05) is 0 Å². The maximum atomic E-state index is 2.71. The summed E-state index contributed by atoms with van der Waals surface area (Å²) in [6.07, 6.45) is 5.38. The van der Waals surface area contributed by atoms with Crippen molar-refractivity contribution in [3.05, 3.63) is 35.4 Å². The van der Waals surface area contributed by atoms with Crippen LogP contribution in [0, 0.1) is 6.92 Å². The molecule has 1 unspecified atom stereocenters. The van der Waals surface area contributed by atoms with Gasteiger partial charge in [-0.05, 0) is 57.8 Å². The van der Waals surface area contributed by atoms with Gasteiger partial charge in [0.05, 0.1) is 0 Å². The molecule has 0 aromatic heterocycles. The van der Waals surface area contributed by atoms with Crippen LogP contribution in [0.5, 0.6) is 0 Å². The van der Waals surface area contributed by atoms with E-state index in [0.29, 0.717) is 0 Å². The predicted octanol–water partition coefficient (Wildman–Crippen LogP) is 2.71. The van der Waals surface area contributed by atoms with Gasteiger partial charge >= 0.3 is 0 Å². The van der Waals surface area contributed by atoms with Crippen LogP contribution < -0.4 is 0 Å². The average Bonchev–Trinajstić information content (AvgIpc) is 2.75. The normalized spacial score (nSPS) is 25.2. The fraction of sp³-hybridized carbons (Fsp3) is 0.647. The highest BCUT2D eigenvalue weighted by atomic mass is 15.3. The van der Waals surface area contributed by atoms with Crippen molar-refractivity contribution in [2.75, 3.05) is 32.7 Å². The van der Waals surface area contributed by atoms with E-state index in [1.54, 1.807) is 0 Å². The number of benzene rings is 1. The van der Waals surface area contributed by atoms with Crippen molar-refractivity contribution < 1.29 is 0 Å². The Morgan fingerprint density at radius 2 is 2.05 bits per heavy atom. The number of aryl methyl sites for hydroxylation is 1. The average molecular weight is 258 g/mol. The number of fused-ring (bicyclic) bond motifs is 1. The van der Waals surface area contributed by atoms with Gasteiger partial charge in [-0.25, -0.2) is 0 Å². The Hall–Kier alpha value is -0.860. The lowest BCUT2D eigenvalue weighted by atomic mass is 10.1. The SMILES string of the molecule is Cc1cccc(CCN2CCCN3CCCC3C2)c1. The molecule has 2 aliphatic rings. The van der Waals surface area contributed by atoms with Crippen molar-refractivity contribution in [2.24, 2.45) is 0 Å². The van der Waals surface area contributed by atoms with E-state index >= 15 is 0 Å². The van der Waals surface area contributed by atoms with Crippen LogP contribution in [0.3, 0.4) is 0 Å². The molecule has 2 fully saturated rings. The molecule has 0 bridgehead atoms. The highest BCUT2D eigenvalue weighted by Crippen LogP contribution is 2.21. The van der Waals surface area contributed by atoms with Crippen LogP contribution in [-0.4, -0.2) is 48.6 Å². The molecule has 1 atom stereocenters. The van der Waals surface area contributed by atoms with Crippen LogP contribution in [0.15, 0.2) is 24.3 Å². The molecule has 2 nitrogen and oxygen atoms in total. The van der Waals surface area contributed by atoms with E-state index in [0.717, 1.165) is 6.04 Å². The predicted molar refractivity (Wildman–Crippen MR) is 80.5 cm³/mol. The van der Waals surface area contributed by atoms with Gasteiger partial charge in [-0.1, -0.05) is 29.8 Å². The summed E-state index contributed by atoms with van der Waals surface area (Å²) in [7, 11) is 0. The minimum Gasteiger partial charge on any atom is -0.301 e. The molecule has 0 saturated carbocycles. The second kappa shape index (κ2) is 6.06. The first-order valence-corrected chi connectivity index (χ1v) is 7.83. The second-order valence-corrected chi connectivity index (χ2v) is 6.23. The molecule has 0 amide bonds. The van der Waals surface area contributed by atoms with Crippen molar-refractivity contribution in [1.29, 1.82) is 0 Å². The van der Waals surface area contributed by atoms with Gasteiger partial charge in [-0.15, -0.1) is 0 Å². The highest BCUT2D eigenvalue weighted by Gasteiger charge is 2.28. The number of hydrogen-bond donors (Lipinski definition) is 0. The highest BCUT2D eigenvalue weighted by molar-refractivity contribution is 5.22. The zero-order valence-electron chi connectivity index (χ0n) is 12.1. The van der Waals surface area contributed by atoms with Crippen molar-refractivity contribution in [3.8, 4) is 0 Å². The zero-order valence-corrected chi connectivity index (χ0v) is 12.1. The van der Waals surface area contributed by atoms with E-state index in [9.17, 15) is 0 Å². The first-order valence-electron chi connectivity index (χ1n) is 7.83. The van der Waals surface area contributed by atoms with Gasteiger partial charge in [0.1, 0.15) is 0 Å². The molecule has 104 valence electrons. The number of rotatable bonds is 3. The van der Waals surface area contributed by atoms with Gasteiger partial charge in [0.2, 0.25) is 0 Å². The molecule has 3 rings (SSSR count). The molecule has 1 aromatic carbocycles. The summed E-state index contributed by atoms with van der Waals surface area (Å²) in [5, 5.41) is 0. The molecule has 2 heterocycles. The summed E-state index contributed by atoms with van der Waals surface area (Å²) in [5.41, 5.74) is 2.88. The van der Waals surface area contributed by atoms with Gasteiger partial charge in [-0.3, -0.25) is 4.90 Å². The zero-order chi connectivity index (χ0) is 13.1. The quantitative estimate of drug-likeness (QED) is 0.822. The first-order chi connectivity index (χ1) is 9.31. The van der Waals surface area contributed by atoms with Gasteiger partial charge in [0.15, 0.2) is 0 Å². The standard InChI is InChI=1S/C17H26N2/c1-15-5-2-6-16(13-15)8-12-18-9-4-11-19-10-3-7-17(19)14-18/h2,5-6,13,17H,3-4,7-12,14H2,1H3. The van der Waals surface area contributed by atoms with Crippen LogP contribution in [0.25, 0.3) is 0 Å². The van der Waals surface area contributed by atoms with Gasteiger partial charge in [0, 0.05) is 19.1 Å². The lowest BCUT2D eigenvalue weighted by Gasteiger charge is -2.25. The summed E-state index contributed by atoms with van der Waals surface area (Å²) in [6, 6.07) is 9.82.